The van der Waals surface area contributed by atoms with Gasteiger partial charge in [0.1, 0.15) is 5.75 Å². The van der Waals surface area contributed by atoms with Crippen LogP contribution in [-0.4, -0.2) is 7.11 Å². The fraction of sp³-hybridized carbons (Fsp3) is 0.167. The minimum atomic E-state index is 0.704. The van der Waals surface area contributed by atoms with Crippen LogP contribution in [0.3, 0.4) is 0 Å². The lowest BCUT2D eigenvalue weighted by molar-refractivity contribution is -0.565. The van der Waals surface area contributed by atoms with E-state index in [4.69, 9.17) is 4.74 Å². The maximum absolute atomic E-state index is 12.9. The third-order valence-corrected chi connectivity index (χ3v) is 4.23. The van der Waals surface area contributed by atoms with Crippen LogP contribution in [0.5, 0.6) is 5.75 Å². The van der Waals surface area contributed by atoms with Crippen molar-refractivity contribution in [1.29, 1.82) is 0 Å². The first-order chi connectivity index (χ1) is 10.3. The summed E-state index contributed by atoms with van der Waals surface area (Å²) in [7, 11) is 1.65. The van der Waals surface area contributed by atoms with Gasteiger partial charge in [-0.25, -0.2) is 0 Å². The number of rotatable bonds is 1. The van der Waals surface area contributed by atoms with Crippen LogP contribution in [0, 0.1) is 5.21 Å². The van der Waals surface area contributed by atoms with E-state index in [-0.39, 0.29) is 0 Å². The molecular weight excluding hydrogens is 262 g/mol. The number of para-hydroxylation sites is 1. The Balaban J connectivity index is 2.12. The van der Waals surface area contributed by atoms with Crippen LogP contribution >= 0.6 is 0 Å². The van der Waals surface area contributed by atoms with Crippen molar-refractivity contribution < 1.29 is 9.47 Å². The van der Waals surface area contributed by atoms with Gasteiger partial charge in [-0.3, -0.25) is 0 Å². The van der Waals surface area contributed by atoms with Crippen molar-refractivity contribution in [2.45, 2.75) is 12.8 Å². The Bertz CT molecular complexity index is 841. The second-order valence-corrected chi connectivity index (χ2v) is 5.37. The lowest BCUT2D eigenvalue weighted by Gasteiger charge is -2.21. The highest BCUT2D eigenvalue weighted by Crippen LogP contribution is 2.38. The third kappa shape index (κ3) is 1.70. The maximum atomic E-state index is 12.9. The van der Waals surface area contributed by atoms with Gasteiger partial charge in [0.05, 0.1) is 12.7 Å². The van der Waals surface area contributed by atoms with Crippen LogP contribution in [0.4, 0.5) is 0 Å². The number of fused-ring (bicyclic) bond motifs is 4. The Morgan fingerprint density at radius 3 is 2.67 bits per heavy atom. The minimum absolute atomic E-state index is 0.704. The molecule has 1 aliphatic carbocycles. The molecule has 0 radical (unpaired) electrons. The molecule has 104 valence electrons. The smallest absolute Gasteiger partial charge is 0.231 e. The molecule has 0 atom stereocenters. The van der Waals surface area contributed by atoms with Crippen molar-refractivity contribution in [1.82, 2.24) is 0 Å². The Morgan fingerprint density at radius 1 is 1.00 bits per heavy atom. The summed E-state index contributed by atoms with van der Waals surface area (Å²) in [5.74, 6) is 0.772. The van der Waals surface area contributed by atoms with Gasteiger partial charge in [0.15, 0.2) is 0 Å². The maximum Gasteiger partial charge on any atom is 0.231 e. The lowest BCUT2D eigenvalue weighted by Crippen LogP contribution is -2.33. The van der Waals surface area contributed by atoms with Gasteiger partial charge >= 0.3 is 0 Å². The van der Waals surface area contributed by atoms with Crippen molar-refractivity contribution in [3.8, 4) is 17.0 Å². The molecule has 0 bridgehead atoms. The van der Waals surface area contributed by atoms with Gasteiger partial charge in [-0.2, -0.15) is 4.73 Å². The zero-order valence-electron chi connectivity index (χ0n) is 11.8. The molecule has 0 amide bonds. The number of benzene rings is 2. The molecule has 0 spiro atoms. The minimum Gasteiger partial charge on any atom is -0.618 e. The summed E-state index contributed by atoms with van der Waals surface area (Å²) in [6, 6.07) is 15.8. The number of ether oxygens (including phenoxy) is 1. The number of pyridine rings is 1. The zero-order chi connectivity index (χ0) is 14.4. The van der Waals surface area contributed by atoms with Crippen molar-refractivity contribution in [2.24, 2.45) is 0 Å². The molecule has 0 aliphatic heterocycles. The highest BCUT2D eigenvalue weighted by atomic mass is 16.5. The Labute approximate surface area is 123 Å². The van der Waals surface area contributed by atoms with E-state index >= 15 is 0 Å². The average molecular weight is 277 g/mol. The molecule has 0 saturated carbocycles. The fourth-order valence-electron chi connectivity index (χ4n) is 3.25. The number of methoxy groups -OCH3 is 1. The Kier molecular flexibility index (Phi) is 2.61. The van der Waals surface area contributed by atoms with E-state index in [1.165, 1.54) is 5.56 Å². The molecule has 3 heteroatoms. The molecule has 1 aliphatic rings. The van der Waals surface area contributed by atoms with Gasteiger partial charge in [-0.05, 0) is 36.6 Å². The van der Waals surface area contributed by atoms with E-state index in [0.29, 0.717) is 5.52 Å². The highest BCUT2D eigenvalue weighted by Gasteiger charge is 2.28. The van der Waals surface area contributed by atoms with Gasteiger partial charge < -0.3 is 9.94 Å². The summed E-state index contributed by atoms with van der Waals surface area (Å²) in [5.41, 5.74) is 4.67. The van der Waals surface area contributed by atoms with E-state index in [1.54, 1.807) is 7.11 Å². The number of nitrogens with zero attached hydrogens (tertiary/aromatic N) is 1. The second-order valence-electron chi connectivity index (χ2n) is 5.37. The predicted molar refractivity (Wildman–Crippen MR) is 82.3 cm³/mol. The van der Waals surface area contributed by atoms with Gasteiger partial charge in [0, 0.05) is 17.0 Å². The van der Waals surface area contributed by atoms with Crippen molar-refractivity contribution in [3.63, 3.8) is 0 Å². The van der Waals surface area contributed by atoms with Crippen LogP contribution < -0.4 is 9.47 Å². The second kappa shape index (κ2) is 4.48. The number of aromatic nitrogens is 1. The molecule has 4 rings (SSSR count). The van der Waals surface area contributed by atoms with Crippen LogP contribution in [0.1, 0.15) is 11.1 Å². The number of hydrogen-bond acceptors (Lipinski definition) is 2. The Hall–Kier alpha value is -2.55. The first-order valence-corrected chi connectivity index (χ1v) is 7.10. The molecule has 2 aromatic carbocycles. The van der Waals surface area contributed by atoms with Gasteiger partial charge in [-0.1, -0.05) is 24.3 Å². The molecule has 1 aromatic heterocycles. The molecule has 3 aromatic rings. The average Bonchev–Trinajstić information content (AvgIpc) is 2.54. The van der Waals surface area contributed by atoms with Gasteiger partial charge in [0.2, 0.25) is 11.2 Å². The van der Waals surface area contributed by atoms with E-state index in [9.17, 15) is 5.21 Å². The molecule has 21 heavy (non-hydrogen) atoms. The summed E-state index contributed by atoms with van der Waals surface area (Å²) in [6.45, 7) is 0. The van der Waals surface area contributed by atoms with E-state index in [1.807, 2.05) is 36.4 Å². The largest absolute Gasteiger partial charge is 0.618 e. The first kappa shape index (κ1) is 12.2. The van der Waals surface area contributed by atoms with Crippen molar-refractivity contribution in [2.75, 3.05) is 7.11 Å². The van der Waals surface area contributed by atoms with Crippen LogP contribution in [0.15, 0.2) is 48.5 Å². The van der Waals surface area contributed by atoms with Gasteiger partial charge in [0.25, 0.3) is 0 Å². The summed E-state index contributed by atoms with van der Waals surface area (Å²) in [4.78, 5) is 0. The van der Waals surface area contributed by atoms with Gasteiger partial charge in [-0.15, -0.1) is 0 Å². The predicted octanol–water partition coefficient (Wildman–Crippen LogP) is 3.25. The van der Waals surface area contributed by atoms with E-state index in [0.717, 1.165) is 45.5 Å². The highest BCUT2D eigenvalue weighted by molar-refractivity contribution is 5.82. The number of hydrogen-bond donors (Lipinski definition) is 0. The van der Waals surface area contributed by atoms with Crippen LogP contribution in [-0.2, 0) is 12.8 Å². The normalized spacial score (nSPS) is 12.8. The number of aryl methyl sites for hydroxylation is 2. The molecule has 3 nitrogen and oxygen atoms in total. The molecule has 1 heterocycles. The molecule has 0 N–H and O–H groups in total. The molecule has 0 saturated heterocycles. The summed E-state index contributed by atoms with van der Waals surface area (Å²) >= 11 is 0. The van der Waals surface area contributed by atoms with Crippen molar-refractivity contribution in [3.05, 3.63) is 64.9 Å². The lowest BCUT2D eigenvalue weighted by atomic mass is 9.87. The topological polar surface area (TPSA) is 36.2 Å². The summed E-state index contributed by atoms with van der Waals surface area (Å²) in [5, 5.41) is 13.9. The van der Waals surface area contributed by atoms with Crippen molar-refractivity contribution >= 4 is 10.9 Å². The summed E-state index contributed by atoms with van der Waals surface area (Å²) < 4.78 is 6.54. The van der Waals surface area contributed by atoms with Crippen LogP contribution in [0.2, 0.25) is 0 Å². The molecule has 0 fully saturated rings. The third-order valence-electron chi connectivity index (χ3n) is 4.23. The molecule has 0 unspecified atom stereocenters. The standard InChI is InChI=1S/C18H15NO2/c1-21-16-8-4-6-12-9-10-14-11-13-5-2-3-7-15(13)19(20)18(14)17(12)16/h2-8,11H,9-10H2,1H3. The zero-order valence-corrected chi connectivity index (χ0v) is 11.8. The SMILES string of the molecule is COc1cccc2c1-c1c(cc3ccccc3[n+]1[O-])CC2. The van der Waals surface area contributed by atoms with Crippen LogP contribution in [0.25, 0.3) is 22.2 Å². The van der Waals surface area contributed by atoms with E-state index < -0.39 is 0 Å². The monoisotopic (exact) mass is 277 g/mol. The molecular formula is C18H15NO2. The quantitative estimate of drug-likeness (QED) is 0.505. The first-order valence-electron chi connectivity index (χ1n) is 7.10. The Morgan fingerprint density at radius 2 is 1.81 bits per heavy atom. The fourth-order valence-corrected chi connectivity index (χ4v) is 3.25. The van der Waals surface area contributed by atoms with E-state index in [2.05, 4.69) is 12.1 Å². The summed E-state index contributed by atoms with van der Waals surface area (Å²) in [6.07, 6.45) is 1.83.